The second kappa shape index (κ2) is 6.46. The Hall–Kier alpha value is -1.26. The molecule has 4 heteroatoms. The molecule has 1 aromatic carbocycles. The highest BCUT2D eigenvalue weighted by Gasteiger charge is 2.26. The standard InChI is InChI=1S/C16H25NO3/c1-5-17-11(4)16(18)13-9-14-12(7-10(3)20-14)8-15(13)19-6-2/h8-11,16-18H,5-7H2,1-4H3. The molecule has 0 bridgehead atoms. The van der Waals surface area contributed by atoms with E-state index in [1.54, 1.807) is 0 Å². The Labute approximate surface area is 121 Å². The van der Waals surface area contributed by atoms with E-state index in [9.17, 15) is 5.11 Å². The van der Waals surface area contributed by atoms with Crippen molar-refractivity contribution in [3.8, 4) is 11.5 Å². The van der Waals surface area contributed by atoms with Gasteiger partial charge in [-0.05, 0) is 39.4 Å². The van der Waals surface area contributed by atoms with Gasteiger partial charge >= 0.3 is 0 Å². The summed E-state index contributed by atoms with van der Waals surface area (Å²) < 4.78 is 11.5. The first kappa shape index (κ1) is 15.1. The maximum absolute atomic E-state index is 10.5. The van der Waals surface area contributed by atoms with Crippen molar-refractivity contribution in [1.29, 1.82) is 0 Å². The van der Waals surface area contributed by atoms with Crippen LogP contribution in [0.4, 0.5) is 0 Å². The normalized spacial score (nSPS) is 20.1. The molecule has 0 radical (unpaired) electrons. The summed E-state index contributed by atoms with van der Waals surface area (Å²) in [4.78, 5) is 0. The minimum Gasteiger partial charge on any atom is -0.493 e. The van der Waals surface area contributed by atoms with E-state index in [1.807, 2.05) is 32.9 Å². The Morgan fingerprint density at radius 3 is 2.85 bits per heavy atom. The number of benzene rings is 1. The molecule has 0 saturated heterocycles. The monoisotopic (exact) mass is 279 g/mol. The topological polar surface area (TPSA) is 50.7 Å². The average Bonchev–Trinajstić information content (AvgIpc) is 2.77. The van der Waals surface area contributed by atoms with Gasteiger partial charge in [-0.1, -0.05) is 6.92 Å². The maximum atomic E-state index is 10.5. The van der Waals surface area contributed by atoms with E-state index in [2.05, 4.69) is 12.2 Å². The molecule has 0 spiro atoms. The van der Waals surface area contributed by atoms with Crippen LogP contribution >= 0.6 is 0 Å². The van der Waals surface area contributed by atoms with Gasteiger partial charge in [0.25, 0.3) is 0 Å². The van der Waals surface area contributed by atoms with Gasteiger partial charge in [-0.2, -0.15) is 0 Å². The van der Waals surface area contributed by atoms with Gasteiger partial charge in [-0.15, -0.1) is 0 Å². The molecule has 1 aromatic rings. The maximum Gasteiger partial charge on any atom is 0.125 e. The molecular weight excluding hydrogens is 254 g/mol. The number of aliphatic hydroxyl groups is 1. The molecule has 0 amide bonds. The molecule has 3 unspecified atom stereocenters. The lowest BCUT2D eigenvalue weighted by atomic mass is 9.99. The number of hydrogen-bond donors (Lipinski definition) is 2. The molecule has 0 saturated carbocycles. The van der Waals surface area contributed by atoms with Crippen LogP contribution in [-0.4, -0.2) is 30.4 Å². The van der Waals surface area contributed by atoms with Gasteiger partial charge in [0.15, 0.2) is 0 Å². The van der Waals surface area contributed by atoms with Crippen LogP contribution in [0, 0.1) is 0 Å². The molecule has 4 nitrogen and oxygen atoms in total. The molecule has 20 heavy (non-hydrogen) atoms. The Kier molecular flexibility index (Phi) is 4.89. The highest BCUT2D eigenvalue weighted by Crippen LogP contribution is 2.38. The smallest absolute Gasteiger partial charge is 0.125 e. The van der Waals surface area contributed by atoms with Crippen LogP contribution < -0.4 is 14.8 Å². The largest absolute Gasteiger partial charge is 0.493 e. The summed E-state index contributed by atoms with van der Waals surface area (Å²) >= 11 is 0. The van der Waals surface area contributed by atoms with Gasteiger partial charge in [0.05, 0.1) is 12.7 Å². The van der Waals surface area contributed by atoms with E-state index in [4.69, 9.17) is 9.47 Å². The van der Waals surface area contributed by atoms with Crippen LogP contribution in [-0.2, 0) is 6.42 Å². The van der Waals surface area contributed by atoms with Crippen LogP contribution in [0.2, 0.25) is 0 Å². The predicted molar refractivity (Wildman–Crippen MR) is 79.5 cm³/mol. The molecule has 1 heterocycles. The van der Waals surface area contributed by atoms with Crippen molar-refractivity contribution >= 4 is 0 Å². The van der Waals surface area contributed by atoms with Gasteiger partial charge in [-0.25, -0.2) is 0 Å². The lowest BCUT2D eigenvalue weighted by molar-refractivity contribution is 0.132. The second-order valence-electron chi connectivity index (χ2n) is 5.35. The fraction of sp³-hybridized carbons (Fsp3) is 0.625. The SMILES string of the molecule is CCNC(C)C(O)c1cc2c(cc1OCC)CC(C)O2. The summed E-state index contributed by atoms with van der Waals surface area (Å²) in [6.07, 6.45) is 0.480. The van der Waals surface area contributed by atoms with Gasteiger partial charge in [0, 0.05) is 23.6 Å². The van der Waals surface area contributed by atoms with Crippen LogP contribution in [0.5, 0.6) is 11.5 Å². The van der Waals surface area contributed by atoms with Crippen LogP contribution in [0.15, 0.2) is 12.1 Å². The first-order valence-corrected chi connectivity index (χ1v) is 7.44. The molecule has 2 rings (SSSR count). The highest BCUT2D eigenvalue weighted by atomic mass is 16.5. The third kappa shape index (κ3) is 3.07. The summed E-state index contributed by atoms with van der Waals surface area (Å²) in [5.41, 5.74) is 1.96. The first-order chi connectivity index (χ1) is 9.56. The third-order valence-electron chi connectivity index (χ3n) is 3.65. The minimum absolute atomic E-state index is 0.0314. The zero-order chi connectivity index (χ0) is 14.7. The van der Waals surface area contributed by atoms with Gasteiger partial charge in [0.2, 0.25) is 0 Å². The summed E-state index contributed by atoms with van der Waals surface area (Å²) in [5, 5.41) is 13.8. The molecule has 112 valence electrons. The number of hydrogen-bond acceptors (Lipinski definition) is 4. The van der Waals surface area contributed by atoms with E-state index in [1.165, 1.54) is 0 Å². The van der Waals surface area contributed by atoms with E-state index in [0.717, 1.165) is 35.6 Å². The van der Waals surface area contributed by atoms with E-state index in [0.29, 0.717) is 6.61 Å². The fourth-order valence-electron chi connectivity index (χ4n) is 2.67. The summed E-state index contributed by atoms with van der Waals surface area (Å²) in [5.74, 6) is 1.64. The minimum atomic E-state index is -0.610. The van der Waals surface area contributed by atoms with E-state index >= 15 is 0 Å². The third-order valence-corrected chi connectivity index (χ3v) is 3.65. The summed E-state index contributed by atoms with van der Waals surface area (Å²) in [6.45, 7) is 9.42. The van der Waals surface area contributed by atoms with Crippen LogP contribution in [0.1, 0.15) is 44.9 Å². The Bertz CT molecular complexity index is 461. The van der Waals surface area contributed by atoms with Gasteiger partial charge in [-0.3, -0.25) is 0 Å². The van der Waals surface area contributed by atoms with Crippen molar-refractivity contribution in [3.63, 3.8) is 0 Å². The van der Waals surface area contributed by atoms with Crippen molar-refractivity contribution in [2.24, 2.45) is 0 Å². The quantitative estimate of drug-likeness (QED) is 0.840. The van der Waals surface area contributed by atoms with Crippen molar-refractivity contribution < 1.29 is 14.6 Å². The number of nitrogens with one attached hydrogen (secondary N) is 1. The van der Waals surface area contributed by atoms with E-state index in [-0.39, 0.29) is 12.1 Å². The Balaban J connectivity index is 2.33. The van der Waals surface area contributed by atoms with Crippen molar-refractivity contribution in [1.82, 2.24) is 5.32 Å². The van der Waals surface area contributed by atoms with Crippen molar-refractivity contribution in [2.45, 2.75) is 52.4 Å². The number of aliphatic hydroxyl groups excluding tert-OH is 1. The zero-order valence-electron chi connectivity index (χ0n) is 12.8. The zero-order valence-corrected chi connectivity index (χ0v) is 12.8. The Morgan fingerprint density at radius 1 is 1.45 bits per heavy atom. The molecule has 3 atom stereocenters. The van der Waals surface area contributed by atoms with Gasteiger partial charge < -0.3 is 19.9 Å². The number of likely N-dealkylation sites (N-methyl/N-ethyl adjacent to an activating group) is 1. The van der Waals surface area contributed by atoms with Crippen molar-refractivity contribution in [2.75, 3.05) is 13.2 Å². The number of ether oxygens (including phenoxy) is 2. The number of fused-ring (bicyclic) bond motifs is 1. The van der Waals surface area contributed by atoms with Crippen molar-refractivity contribution in [3.05, 3.63) is 23.3 Å². The first-order valence-electron chi connectivity index (χ1n) is 7.44. The molecule has 1 aliphatic rings. The molecular formula is C16H25NO3. The highest BCUT2D eigenvalue weighted by molar-refractivity contribution is 5.49. The number of rotatable bonds is 6. The Morgan fingerprint density at radius 2 is 2.20 bits per heavy atom. The van der Waals surface area contributed by atoms with Gasteiger partial charge in [0.1, 0.15) is 17.6 Å². The molecule has 0 aromatic heterocycles. The summed E-state index contributed by atoms with van der Waals surface area (Å²) in [6, 6.07) is 3.91. The lowest BCUT2D eigenvalue weighted by Gasteiger charge is -2.23. The molecule has 0 fully saturated rings. The molecule has 1 aliphatic heterocycles. The summed E-state index contributed by atoms with van der Waals surface area (Å²) in [7, 11) is 0. The lowest BCUT2D eigenvalue weighted by Crippen LogP contribution is -2.32. The fourth-order valence-corrected chi connectivity index (χ4v) is 2.67. The molecule has 0 aliphatic carbocycles. The molecule has 2 N–H and O–H groups in total. The van der Waals surface area contributed by atoms with E-state index < -0.39 is 6.10 Å². The second-order valence-corrected chi connectivity index (χ2v) is 5.35. The predicted octanol–water partition coefficient (Wildman–Crippen LogP) is 2.44. The average molecular weight is 279 g/mol. The van der Waals surface area contributed by atoms with Crippen LogP contribution in [0.25, 0.3) is 0 Å². The van der Waals surface area contributed by atoms with Crippen LogP contribution in [0.3, 0.4) is 0 Å².